The second-order valence-electron chi connectivity index (χ2n) is 7.39. The van der Waals surface area contributed by atoms with E-state index in [2.05, 4.69) is 12.2 Å². The molecule has 0 spiro atoms. The molecule has 2 aromatic rings. The number of hydrogen-bond acceptors (Lipinski definition) is 4. The van der Waals surface area contributed by atoms with Gasteiger partial charge in [0, 0.05) is 16.5 Å². The molecule has 4 rings (SSSR count). The van der Waals surface area contributed by atoms with Gasteiger partial charge in [-0.2, -0.15) is 0 Å². The van der Waals surface area contributed by atoms with Crippen LogP contribution < -0.4 is 5.32 Å². The fraction of sp³-hybridized carbons (Fsp3) is 0.429. The van der Waals surface area contributed by atoms with Crippen molar-refractivity contribution in [2.24, 2.45) is 5.92 Å². The molecule has 26 heavy (non-hydrogen) atoms. The second kappa shape index (κ2) is 7.23. The Morgan fingerprint density at radius 3 is 2.69 bits per heavy atom. The summed E-state index contributed by atoms with van der Waals surface area (Å²) in [6.07, 6.45) is 4.30. The van der Waals surface area contributed by atoms with Crippen molar-refractivity contribution in [1.82, 2.24) is 5.32 Å². The number of carbonyl (C=O) groups is 2. The third-order valence-corrected chi connectivity index (χ3v) is 6.24. The van der Waals surface area contributed by atoms with Crippen molar-refractivity contribution < 1.29 is 14.3 Å². The molecule has 1 N–H and O–H groups in total. The van der Waals surface area contributed by atoms with Crippen LogP contribution in [-0.2, 0) is 22.4 Å². The topological polar surface area (TPSA) is 55.4 Å². The molecule has 4 nitrogen and oxygen atoms in total. The number of fused-ring (bicyclic) bond motifs is 1. The summed E-state index contributed by atoms with van der Waals surface area (Å²) in [5, 5.41) is 2.95. The van der Waals surface area contributed by atoms with Crippen molar-refractivity contribution >= 4 is 23.2 Å². The molecular formula is C21H23NO3S. The summed E-state index contributed by atoms with van der Waals surface area (Å²) in [5.41, 5.74) is 1.97. The Bertz CT molecular complexity index is 810. The first-order valence-corrected chi connectivity index (χ1v) is 10.1. The lowest BCUT2D eigenvalue weighted by atomic mass is 9.90. The SMILES string of the molecule is C[C@H]1CCc2sc(C(=O)O[C@H](C(=O)NC3CC3)c3ccccc3)cc2C1. The van der Waals surface area contributed by atoms with Crippen LogP contribution >= 0.6 is 11.3 Å². The molecule has 1 fully saturated rings. The van der Waals surface area contributed by atoms with E-state index in [0.29, 0.717) is 16.4 Å². The van der Waals surface area contributed by atoms with E-state index in [9.17, 15) is 9.59 Å². The minimum absolute atomic E-state index is 0.225. The zero-order chi connectivity index (χ0) is 18.1. The highest BCUT2D eigenvalue weighted by atomic mass is 32.1. The summed E-state index contributed by atoms with van der Waals surface area (Å²) in [6, 6.07) is 11.4. The van der Waals surface area contributed by atoms with E-state index in [0.717, 1.165) is 25.7 Å². The fourth-order valence-electron chi connectivity index (χ4n) is 3.38. The highest BCUT2D eigenvalue weighted by Crippen LogP contribution is 2.33. The van der Waals surface area contributed by atoms with E-state index in [1.54, 1.807) is 0 Å². The summed E-state index contributed by atoms with van der Waals surface area (Å²) < 4.78 is 5.68. The molecule has 1 aromatic heterocycles. The van der Waals surface area contributed by atoms with Crippen molar-refractivity contribution in [2.75, 3.05) is 0 Å². The number of amides is 1. The summed E-state index contributed by atoms with van der Waals surface area (Å²) in [4.78, 5) is 27.2. The molecule has 1 saturated carbocycles. The van der Waals surface area contributed by atoms with Crippen LogP contribution in [0.3, 0.4) is 0 Å². The third kappa shape index (κ3) is 3.83. The standard InChI is InChI=1S/C21H23NO3S/c1-13-7-10-17-15(11-13)12-18(26-17)21(24)25-19(14-5-3-2-4-6-14)20(23)22-16-8-9-16/h2-6,12-13,16,19H,7-11H2,1H3,(H,22,23)/t13-,19-/m0/s1. The predicted octanol–water partition coefficient (Wildman–Crippen LogP) is 4.05. The fourth-order valence-corrected chi connectivity index (χ4v) is 4.47. The van der Waals surface area contributed by atoms with Crippen LogP contribution in [0.1, 0.15) is 58.0 Å². The Morgan fingerprint density at radius 2 is 1.96 bits per heavy atom. The summed E-state index contributed by atoms with van der Waals surface area (Å²) >= 11 is 1.51. The van der Waals surface area contributed by atoms with E-state index < -0.39 is 12.1 Å². The van der Waals surface area contributed by atoms with Gasteiger partial charge in [0.15, 0.2) is 0 Å². The lowest BCUT2D eigenvalue weighted by Crippen LogP contribution is -2.33. The Hall–Kier alpha value is -2.14. The molecule has 0 bridgehead atoms. The second-order valence-corrected chi connectivity index (χ2v) is 8.52. The molecule has 1 heterocycles. The van der Waals surface area contributed by atoms with Gasteiger partial charge in [-0.3, -0.25) is 4.79 Å². The van der Waals surface area contributed by atoms with Crippen LogP contribution in [0.25, 0.3) is 0 Å². The smallest absolute Gasteiger partial charge is 0.349 e. The van der Waals surface area contributed by atoms with Crippen LogP contribution in [0.2, 0.25) is 0 Å². The number of benzene rings is 1. The van der Waals surface area contributed by atoms with Crippen molar-refractivity contribution in [3.63, 3.8) is 0 Å². The van der Waals surface area contributed by atoms with Crippen molar-refractivity contribution in [3.8, 4) is 0 Å². The number of rotatable bonds is 5. The van der Waals surface area contributed by atoms with Crippen molar-refractivity contribution in [2.45, 2.75) is 51.2 Å². The quantitative estimate of drug-likeness (QED) is 0.809. The van der Waals surface area contributed by atoms with Crippen LogP contribution in [-0.4, -0.2) is 17.9 Å². The number of ether oxygens (including phenoxy) is 1. The molecule has 1 aromatic carbocycles. The number of hydrogen-bond donors (Lipinski definition) is 1. The predicted molar refractivity (Wildman–Crippen MR) is 101 cm³/mol. The van der Waals surface area contributed by atoms with Crippen LogP contribution in [0, 0.1) is 5.92 Å². The molecule has 5 heteroatoms. The lowest BCUT2D eigenvalue weighted by molar-refractivity contribution is -0.130. The number of aryl methyl sites for hydroxylation is 1. The van der Waals surface area contributed by atoms with Gasteiger partial charge in [0.05, 0.1) is 0 Å². The van der Waals surface area contributed by atoms with Gasteiger partial charge in [-0.25, -0.2) is 4.79 Å². The largest absolute Gasteiger partial charge is 0.443 e. The molecule has 0 radical (unpaired) electrons. The number of nitrogens with one attached hydrogen (secondary N) is 1. The van der Waals surface area contributed by atoms with Gasteiger partial charge in [0.2, 0.25) is 6.10 Å². The number of esters is 1. The number of carbonyl (C=O) groups excluding carboxylic acids is 2. The van der Waals surface area contributed by atoms with E-state index >= 15 is 0 Å². The molecular weight excluding hydrogens is 346 g/mol. The zero-order valence-corrected chi connectivity index (χ0v) is 15.7. The minimum Gasteiger partial charge on any atom is -0.443 e. The van der Waals surface area contributed by atoms with Crippen LogP contribution in [0.15, 0.2) is 36.4 Å². The Kier molecular flexibility index (Phi) is 4.81. The maximum atomic E-state index is 12.7. The normalized spacial score (nSPS) is 20.1. The van der Waals surface area contributed by atoms with E-state index in [1.807, 2.05) is 36.4 Å². The Morgan fingerprint density at radius 1 is 1.19 bits per heavy atom. The molecule has 1 amide bonds. The Balaban J connectivity index is 1.53. The molecule has 0 saturated heterocycles. The zero-order valence-electron chi connectivity index (χ0n) is 14.9. The molecule has 2 aliphatic carbocycles. The Labute approximate surface area is 157 Å². The average Bonchev–Trinajstić information content (AvgIpc) is 3.35. The van der Waals surface area contributed by atoms with Gasteiger partial charge < -0.3 is 10.1 Å². The first kappa shape index (κ1) is 17.3. The first-order valence-electron chi connectivity index (χ1n) is 9.28. The van der Waals surface area contributed by atoms with Crippen LogP contribution in [0.5, 0.6) is 0 Å². The molecule has 0 unspecified atom stereocenters. The van der Waals surface area contributed by atoms with E-state index in [1.165, 1.54) is 28.2 Å². The first-order chi connectivity index (χ1) is 12.6. The van der Waals surface area contributed by atoms with Gasteiger partial charge in [-0.05, 0) is 49.7 Å². The van der Waals surface area contributed by atoms with Crippen LogP contribution in [0.4, 0.5) is 0 Å². The molecule has 136 valence electrons. The maximum Gasteiger partial charge on any atom is 0.349 e. The number of thiophene rings is 1. The molecule has 0 aliphatic heterocycles. The van der Waals surface area contributed by atoms with Gasteiger partial charge in [0.1, 0.15) is 4.88 Å². The average molecular weight is 369 g/mol. The minimum atomic E-state index is -0.901. The van der Waals surface area contributed by atoms with E-state index in [4.69, 9.17) is 4.74 Å². The van der Waals surface area contributed by atoms with Gasteiger partial charge in [0.25, 0.3) is 5.91 Å². The highest BCUT2D eigenvalue weighted by Gasteiger charge is 2.32. The maximum absolute atomic E-state index is 12.7. The van der Waals surface area contributed by atoms with Crippen molar-refractivity contribution in [1.29, 1.82) is 0 Å². The molecule has 2 aliphatic rings. The summed E-state index contributed by atoms with van der Waals surface area (Å²) in [6.45, 7) is 2.24. The van der Waals surface area contributed by atoms with Gasteiger partial charge in [-0.15, -0.1) is 11.3 Å². The molecule has 2 atom stereocenters. The third-order valence-electron chi connectivity index (χ3n) is 5.02. The summed E-state index contributed by atoms with van der Waals surface area (Å²) in [5.74, 6) is 0.0150. The lowest BCUT2D eigenvalue weighted by Gasteiger charge is -2.17. The van der Waals surface area contributed by atoms with E-state index in [-0.39, 0.29) is 11.9 Å². The summed E-state index contributed by atoms with van der Waals surface area (Å²) in [7, 11) is 0. The van der Waals surface area contributed by atoms with Gasteiger partial charge >= 0.3 is 5.97 Å². The van der Waals surface area contributed by atoms with Gasteiger partial charge in [-0.1, -0.05) is 37.3 Å². The monoisotopic (exact) mass is 369 g/mol. The van der Waals surface area contributed by atoms with Crippen molar-refractivity contribution in [3.05, 3.63) is 57.3 Å². The highest BCUT2D eigenvalue weighted by molar-refractivity contribution is 7.14.